The van der Waals surface area contributed by atoms with E-state index in [1.165, 1.54) is 16.8 Å². The molecule has 114 valence electrons. The van der Waals surface area contributed by atoms with Crippen LogP contribution in [-0.2, 0) is 13.5 Å². The third kappa shape index (κ3) is 4.42. The Balaban J connectivity index is 2.13. The van der Waals surface area contributed by atoms with E-state index in [1.54, 1.807) is 0 Å². The van der Waals surface area contributed by atoms with Crippen LogP contribution < -0.4 is 5.32 Å². The molecule has 1 atom stereocenters. The van der Waals surface area contributed by atoms with Gasteiger partial charge in [0, 0.05) is 29.5 Å². The van der Waals surface area contributed by atoms with Gasteiger partial charge in [0.15, 0.2) is 0 Å². The predicted molar refractivity (Wildman–Crippen MR) is 91.4 cm³/mol. The lowest BCUT2D eigenvalue weighted by Gasteiger charge is -2.21. The molecule has 1 heterocycles. The molecule has 0 bridgehead atoms. The van der Waals surface area contributed by atoms with Crippen molar-refractivity contribution in [2.24, 2.45) is 7.05 Å². The van der Waals surface area contributed by atoms with E-state index < -0.39 is 0 Å². The van der Waals surface area contributed by atoms with Crippen molar-refractivity contribution in [2.75, 3.05) is 6.54 Å². The van der Waals surface area contributed by atoms with Crippen LogP contribution in [0, 0.1) is 6.92 Å². The van der Waals surface area contributed by atoms with Crippen LogP contribution in [0.3, 0.4) is 0 Å². The Morgan fingerprint density at radius 3 is 2.81 bits per heavy atom. The highest BCUT2D eigenvalue weighted by atomic mass is 79.9. The van der Waals surface area contributed by atoms with Gasteiger partial charge in [-0.1, -0.05) is 28.9 Å². The van der Waals surface area contributed by atoms with E-state index in [4.69, 9.17) is 0 Å². The van der Waals surface area contributed by atoms with Crippen molar-refractivity contribution in [1.29, 1.82) is 0 Å². The van der Waals surface area contributed by atoms with Gasteiger partial charge < -0.3 is 5.32 Å². The van der Waals surface area contributed by atoms with E-state index in [-0.39, 0.29) is 0 Å². The van der Waals surface area contributed by atoms with Crippen LogP contribution >= 0.6 is 15.9 Å². The summed E-state index contributed by atoms with van der Waals surface area (Å²) in [7, 11) is 2.01. The third-order valence-corrected chi connectivity index (χ3v) is 4.36. The van der Waals surface area contributed by atoms with Gasteiger partial charge in [0.1, 0.15) is 0 Å². The molecule has 2 aromatic rings. The summed E-state index contributed by atoms with van der Waals surface area (Å²) in [5.41, 5.74) is 4.02. The fraction of sp³-hybridized carbons (Fsp3) is 0.471. The molecule has 0 saturated heterocycles. The Morgan fingerprint density at radius 2 is 2.14 bits per heavy atom. The number of hydrogen-bond donors (Lipinski definition) is 1. The Kier molecular flexibility index (Phi) is 6.00. The third-order valence-electron chi connectivity index (χ3n) is 3.87. The highest BCUT2D eigenvalue weighted by Crippen LogP contribution is 2.25. The second kappa shape index (κ2) is 7.76. The van der Waals surface area contributed by atoms with Crippen LogP contribution in [0.15, 0.2) is 34.9 Å². The zero-order valence-corrected chi connectivity index (χ0v) is 14.7. The Morgan fingerprint density at radius 1 is 1.33 bits per heavy atom. The highest BCUT2D eigenvalue weighted by molar-refractivity contribution is 9.10. The zero-order chi connectivity index (χ0) is 15.2. The van der Waals surface area contributed by atoms with E-state index in [1.807, 2.05) is 17.9 Å². The normalized spacial score (nSPS) is 12.6. The SMILES string of the molecule is CCCNC(CCc1ccnn1C)c1cc(Br)ccc1C. The van der Waals surface area contributed by atoms with Crippen LogP contribution in [0.25, 0.3) is 0 Å². The summed E-state index contributed by atoms with van der Waals surface area (Å²) in [5.74, 6) is 0. The maximum atomic E-state index is 4.25. The van der Waals surface area contributed by atoms with Crippen molar-refractivity contribution in [1.82, 2.24) is 15.1 Å². The molecule has 0 aliphatic carbocycles. The summed E-state index contributed by atoms with van der Waals surface area (Å²) < 4.78 is 3.11. The molecule has 1 aromatic carbocycles. The number of hydrogen-bond acceptors (Lipinski definition) is 2. The number of nitrogens with one attached hydrogen (secondary N) is 1. The average Bonchev–Trinajstić information content (AvgIpc) is 2.87. The molecule has 1 N–H and O–H groups in total. The quantitative estimate of drug-likeness (QED) is 0.812. The van der Waals surface area contributed by atoms with Crippen molar-refractivity contribution in [3.8, 4) is 0 Å². The minimum Gasteiger partial charge on any atom is -0.310 e. The summed E-state index contributed by atoms with van der Waals surface area (Å²) >= 11 is 3.59. The second-order valence-electron chi connectivity index (χ2n) is 5.49. The van der Waals surface area contributed by atoms with E-state index in [9.17, 15) is 0 Å². The standard InChI is InChI=1S/C17H24BrN3/c1-4-10-19-17(8-7-15-9-11-20-21(15)3)16-12-14(18)6-5-13(16)2/h5-6,9,11-12,17,19H,4,7-8,10H2,1-3H3. The lowest BCUT2D eigenvalue weighted by atomic mass is 9.96. The first-order valence-corrected chi connectivity index (χ1v) is 8.37. The van der Waals surface area contributed by atoms with Crippen molar-refractivity contribution < 1.29 is 0 Å². The van der Waals surface area contributed by atoms with E-state index in [2.05, 4.69) is 64.5 Å². The fourth-order valence-electron chi connectivity index (χ4n) is 2.61. The summed E-state index contributed by atoms with van der Waals surface area (Å²) in [6, 6.07) is 9.02. The molecular weight excluding hydrogens is 326 g/mol. The van der Waals surface area contributed by atoms with Gasteiger partial charge in [-0.2, -0.15) is 5.10 Å². The molecule has 0 spiro atoms. The van der Waals surface area contributed by atoms with Crippen molar-refractivity contribution >= 4 is 15.9 Å². The van der Waals surface area contributed by atoms with Crippen molar-refractivity contribution in [2.45, 2.75) is 39.2 Å². The first-order chi connectivity index (χ1) is 10.1. The summed E-state index contributed by atoms with van der Waals surface area (Å²) in [4.78, 5) is 0. The minimum atomic E-state index is 0.386. The lowest BCUT2D eigenvalue weighted by Crippen LogP contribution is -2.23. The number of halogens is 1. The van der Waals surface area contributed by atoms with Crippen LogP contribution in [0.5, 0.6) is 0 Å². The van der Waals surface area contributed by atoms with Gasteiger partial charge in [0.25, 0.3) is 0 Å². The van der Waals surface area contributed by atoms with Crippen molar-refractivity contribution in [3.05, 3.63) is 51.8 Å². The van der Waals surface area contributed by atoms with Gasteiger partial charge in [0.05, 0.1) is 0 Å². The molecule has 4 heteroatoms. The van der Waals surface area contributed by atoms with E-state index in [0.717, 1.165) is 30.3 Å². The molecule has 1 aromatic heterocycles. The molecule has 3 nitrogen and oxygen atoms in total. The molecule has 2 rings (SSSR count). The second-order valence-corrected chi connectivity index (χ2v) is 6.41. The predicted octanol–water partition coefficient (Wildman–Crippen LogP) is 4.16. The van der Waals surface area contributed by atoms with Gasteiger partial charge in [-0.05, 0) is 62.1 Å². The monoisotopic (exact) mass is 349 g/mol. The van der Waals surface area contributed by atoms with Crippen LogP contribution in [-0.4, -0.2) is 16.3 Å². The van der Waals surface area contributed by atoms with Gasteiger partial charge in [-0.25, -0.2) is 0 Å². The van der Waals surface area contributed by atoms with Crippen LogP contribution in [0.1, 0.15) is 42.6 Å². The first-order valence-electron chi connectivity index (χ1n) is 7.58. The van der Waals surface area contributed by atoms with E-state index >= 15 is 0 Å². The molecule has 0 amide bonds. The Hall–Kier alpha value is -1.13. The first kappa shape index (κ1) is 16.2. The molecular formula is C17H24BrN3. The van der Waals surface area contributed by atoms with E-state index in [0.29, 0.717) is 6.04 Å². The molecule has 0 saturated carbocycles. The van der Waals surface area contributed by atoms with Crippen LogP contribution in [0.2, 0.25) is 0 Å². The number of nitrogens with zero attached hydrogens (tertiary/aromatic N) is 2. The largest absolute Gasteiger partial charge is 0.310 e. The summed E-state index contributed by atoms with van der Waals surface area (Å²) in [5, 5.41) is 7.94. The molecule has 0 radical (unpaired) electrons. The number of rotatable bonds is 7. The van der Waals surface area contributed by atoms with Gasteiger partial charge in [-0.15, -0.1) is 0 Å². The van der Waals surface area contributed by atoms with Gasteiger partial charge in [-0.3, -0.25) is 4.68 Å². The molecule has 0 aliphatic rings. The Bertz CT molecular complexity index is 577. The average molecular weight is 350 g/mol. The van der Waals surface area contributed by atoms with Gasteiger partial charge >= 0.3 is 0 Å². The zero-order valence-electron chi connectivity index (χ0n) is 13.1. The lowest BCUT2D eigenvalue weighted by molar-refractivity contribution is 0.490. The smallest absolute Gasteiger partial charge is 0.0492 e. The topological polar surface area (TPSA) is 29.9 Å². The maximum absolute atomic E-state index is 4.25. The minimum absolute atomic E-state index is 0.386. The van der Waals surface area contributed by atoms with Crippen LogP contribution in [0.4, 0.5) is 0 Å². The number of benzene rings is 1. The van der Waals surface area contributed by atoms with Gasteiger partial charge in [0.2, 0.25) is 0 Å². The maximum Gasteiger partial charge on any atom is 0.0492 e. The molecule has 21 heavy (non-hydrogen) atoms. The summed E-state index contributed by atoms with van der Waals surface area (Å²) in [6.45, 7) is 5.44. The van der Waals surface area contributed by atoms with Crippen molar-refractivity contribution in [3.63, 3.8) is 0 Å². The number of aryl methyl sites for hydroxylation is 3. The molecule has 0 fully saturated rings. The molecule has 1 unspecified atom stereocenters. The Labute approximate surface area is 135 Å². The number of aromatic nitrogens is 2. The fourth-order valence-corrected chi connectivity index (χ4v) is 2.99. The molecule has 0 aliphatic heterocycles. The highest BCUT2D eigenvalue weighted by Gasteiger charge is 2.14. The summed E-state index contributed by atoms with van der Waals surface area (Å²) in [6.07, 6.45) is 5.13.